The Morgan fingerprint density at radius 3 is 2.78 bits per heavy atom. The molecule has 0 aliphatic carbocycles. The van der Waals surface area contributed by atoms with Crippen molar-refractivity contribution in [1.29, 1.82) is 0 Å². The second-order valence-electron chi connectivity index (χ2n) is 4.91. The molecule has 2 aromatic carbocycles. The number of rotatable bonds is 4. The molecule has 3 rings (SSSR count). The minimum absolute atomic E-state index is 0.0396. The van der Waals surface area contributed by atoms with Gasteiger partial charge in [0.05, 0.1) is 10.5 Å². The first-order valence-electron chi connectivity index (χ1n) is 6.79. The topological polar surface area (TPSA) is 76.0 Å². The fourth-order valence-electron chi connectivity index (χ4n) is 2.35. The maximum atomic E-state index is 12.3. The third kappa shape index (κ3) is 3.00. The van der Waals surface area contributed by atoms with Gasteiger partial charge in [-0.3, -0.25) is 14.9 Å². The van der Waals surface area contributed by atoms with Crippen LogP contribution in [0.3, 0.4) is 0 Å². The van der Waals surface area contributed by atoms with E-state index >= 15 is 0 Å². The van der Waals surface area contributed by atoms with Crippen LogP contribution in [0.5, 0.6) is 0 Å². The van der Waals surface area contributed by atoms with E-state index in [4.69, 9.17) is 11.6 Å². The van der Waals surface area contributed by atoms with Gasteiger partial charge in [0.25, 0.3) is 5.69 Å². The van der Waals surface area contributed by atoms with Crippen LogP contribution in [0, 0.1) is 10.1 Å². The van der Waals surface area contributed by atoms with Crippen molar-refractivity contribution in [1.82, 2.24) is 4.98 Å². The number of nitro benzene ring substituents is 1. The van der Waals surface area contributed by atoms with Gasteiger partial charge in [-0.15, -0.1) is 0 Å². The summed E-state index contributed by atoms with van der Waals surface area (Å²) in [5.74, 6) is -0.239. The van der Waals surface area contributed by atoms with E-state index in [9.17, 15) is 14.9 Å². The van der Waals surface area contributed by atoms with Crippen molar-refractivity contribution in [2.45, 2.75) is 0 Å². The van der Waals surface area contributed by atoms with E-state index in [0.29, 0.717) is 16.1 Å². The Morgan fingerprint density at radius 2 is 2.00 bits per heavy atom. The van der Waals surface area contributed by atoms with Gasteiger partial charge in [-0.25, -0.2) is 0 Å². The second kappa shape index (κ2) is 6.06. The molecule has 0 saturated heterocycles. The number of halogens is 1. The van der Waals surface area contributed by atoms with E-state index < -0.39 is 4.92 Å². The highest BCUT2D eigenvalue weighted by molar-refractivity contribution is 6.31. The van der Waals surface area contributed by atoms with E-state index in [0.717, 1.165) is 10.9 Å². The van der Waals surface area contributed by atoms with E-state index in [1.807, 2.05) is 0 Å². The standard InChI is InChI=1S/C17H11ClN2O3/c18-12-6-7-13-14(10-19-15(13)9-12)17(21)8-5-11-3-1-2-4-16(11)20(22)23/h1-10,19H/b8-5+. The normalized spacial score (nSPS) is 11.2. The summed E-state index contributed by atoms with van der Waals surface area (Å²) in [5, 5.41) is 12.3. The quantitative estimate of drug-likeness (QED) is 0.329. The molecule has 5 nitrogen and oxygen atoms in total. The summed E-state index contributed by atoms with van der Waals surface area (Å²) in [5.41, 5.74) is 1.60. The van der Waals surface area contributed by atoms with Gasteiger partial charge >= 0.3 is 0 Å². The van der Waals surface area contributed by atoms with Crippen molar-refractivity contribution in [3.8, 4) is 0 Å². The van der Waals surface area contributed by atoms with Crippen LogP contribution < -0.4 is 0 Å². The third-order valence-electron chi connectivity index (χ3n) is 3.46. The lowest BCUT2D eigenvalue weighted by atomic mass is 10.1. The third-order valence-corrected chi connectivity index (χ3v) is 3.69. The summed E-state index contributed by atoms with van der Waals surface area (Å²) in [6.07, 6.45) is 4.39. The zero-order valence-corrected chi connectivity index (χ0v) is 12.6. The molecule has 3 aromatic rings. The van der Waals surface area contributed by atoms with Gasteiger partial charge in [0.1, 0.15) is 0 Å². The summed E-state index contributed by atoms with van der Waals surface area (Å²) < 4.78 is 0. The minimum atomic E-state index is -0.474. The number of carbonyl (C=O) groups is 1. The molecule has 0 fully saturated rings. The van der Waals surface area contributed by atoms with E-state index in [-0.39, 0.29) is 11.5 Å². The average molecular weight is 327 g/mol. The SMILES string of the molecule is O=C(/C=C/c1ccccc1[N+](=O)[O-])c1c[nH]c2cc(Cl)ccc12. The monoisotopic (exact) mass is 326 g/mol. The van der Waals surface area contributed by atoms with E-state index in [1.54, 1.807) is 42.6 Å². The first-order valence-corrected chi connectivity index (χ1v) is 7.16. The summed E-state index contributed by atoms with van der Waals surface area (Å²) in [7, 11) is 0. The highest BCUT2D eigenvalue weighted by atomic mass is 35.5. The molecular weight excluding hydrogens is 316 g/mol. The number of hydrogen-bond acceptors (Lipinski definition) is 3. The van der Waals surface area contributed by atoms with Crippen LogP contribution in [-0.4, -0.2) is 15.7 Å². The smallest absolute Gasteiger partial charge is 0.276 e. The number of benzene rings is 2. The first-order chi connectivity index (χ1) is 11.1. The number of allylic oxidation sites excluding steroid dienone is 1. The number of aromatic amines is 1. The molecule has 0 amide bonds. The molecule has 1 N–H and O–H groups in total. The summed E-state index contributed by atoms with van der Waals surface area (Å²) in [6.45, 7) is 0. The number of aromatic nitrogens is 1. The Morgan fingerprint density at radius 1 is 1.22 bits per heavy atom. The largest absolute Gasteiger partial charge is 0.360 e. The molecular formula is C17H11ClN2O3. The van der Waals surface area contributed by atoms with Gasteiger partial charge in [0, 0.05) is 33.8 Å². The van der Waals surface area contributed by atoms with Crippen LogP contribution in [-0.2, 0) is 0 Å². The molecule has 114 valence electrons. The maximum Gasteiger partial charge on any atom is 0.276 e. The molecule has 0 radical (unpaired) electrons. The van der Waals surface area contributed by atoms with Crippen LogP contribution in [0.2, 0.25) is 5.02 Å². The molecule has 0 aliphatic heterocycles. The highest BCUT2D eigenvalue weighted by Crippen LogP contribution is 2.24. The lowest BCUT2D eigenvalue weighted by Gasteiger charge is -1.97. The number of ketones is 1. The number of nitrogens with one attached hydrogen (secondary N) is 1. The molecule has 23 heavy (non-hydrogen) atoms. The number of nitrogens with zero attached hydrogens (tertiary/aromatic N) is 1. The molecule has 0 spiro atoms. The van der Waals surface area contributed by atoms with Gasteiger partial charge in [0.15, 0.2) is 5.78 Å². The number of fused-ring (bicyclic) bond motifs is 1. The number of H-pyrrole nitrogens is 1. The fourth-order valence-corrected chi connectivity index (χ4v) is 2.52. The summed E-state index contributed by atoms with van der Waals surface area (Å²) in [6, 6.07) is 11.5. The zero-order chi connectivity index (χ0) is 16.4. The van der Waals surface area contributed by atoms with Crippen molar-refractivity contribution in [2.75, 3.05) is 0 Å². The van der Waals surface area contributed by atoms with Crippen molar-refractivity contribution in [3.05, 3.63) is 81.0 Å². The summed E-state index contributed by atoms with van der Waals surface area (Å²) >= 11 is 5.91. The van der Waals surface area contributed by atoms with Crippen LogP contribution in [0.1, 0.15) is 15.9 Å². The Hall–Kier alpha value is -2.92. The molecule has 0 saturated carbocycles. The van der Waals surface area contributed by atoms with Crippen molar-refractivity contribution < 1.29 is 9.72 Å². The van der Waals surface area contributed by atoms with Crippen molar-refractivity contribution in [3.63, 3.8) is 0 Å². The maximum absolute atomic E-state index is 12.3. The predicted octanol–water partition coefficient (Wildman–Crippen LogP) is 4.63. The number of nitro groups is 1. The summed E-state index contributed by atoms with van der Waals surface area (Å²) in [4.78, 5) is 25.8. The lowest BCUT2D eigenvalue weighted by molar-refractivity contribution is -0.385. The molecule has 0 aliphatic rings. The van der Waals surface area contributed by atoms with Crippen LogP contribution in [0.4, 0.5) is 5.69 Å². The van der Waals surface area contributed by atoms with Gasteiger partial charge in [-0.05, 0) is 30.4 Å². The van der Waals surface area contributed by atoms with Crippen LogP contribution in [0.15, 0.2) is 54.7 Å². The van der Waals surface area contributed by atoms with Crippen molar-refractivity contribution in [2.24, 2.45) is 0 Å². The molecule has 0 unspecified atom stereocenters. The Bertz CT molecular complexity index is 944. The predicted molar refractivity (Wildman–Crippen MR) is 89.8 cm³/mol. The van der Waals surface area contributed by atoms with Gasteiger partial charge in [-0.2, -0.15) is 0 Å². The van der Waals surface area contributed by atoms with Crippen LogP contribution in [0.25, 0.3) is 17.0 Å². The number of hydrogen-bond donors (Lipinski definition) is 1. The number of carbonyl (C=O) groups excluding carboxylic acids is 1. The number of para-hydroxylation sites is 1. The molecule has 1 heterocycles. The van der Waals surface area contributed by atoms with E-state index in [1.165, 1.54) is 18.2 Å². The molecule has 0 bridgehead atoms. The fraction of sp³-hybridized carbons (Fsp3) is 0. The lowest BCUT2D eigenvalue weighted by Crippen LogP contribution is -1.94. The highest BCUT2D eigenvalue weighted by Gasteiger charge is 2.12. The van der Waals surface area contributed by atoms with Gasteiger partial charge in [0.2, 0.25) is 0 Å². The Kier molecular flexibility index (Phi) is 3.95. The second-order valence-corrected chi connectivity index (χ2v) is 5.34. The van der Waals surface area contributed by atoms with Crippen LogP contribution >= 0.6 is 11.6 Å². The first kappa shape index (κ1) is 15.0. The Labute approximate surface area is 136 Å². The van der Waals surface area contributed by atoms with Gasteiger partial charge in [-0.1, -0.05) is 29.8 Å². The molecule has 0 atom stereocenters. The average Bonchev–Trinajstić information content (AvgIpc) is 2.95. The molecule has 1 aromatic heterocycles. The zero-order valence-electron chi connectivity index (χ0n) is 11.8. The minimum Gasteiger partial charge on any atom is -0.360 e. The molecule has 6 heteroatoms. The Balaban J connectivity index is 1.93. The van der Waals surface area contributed by atoms with Gasteiger partial charge < -0.3 is 4.98 Å². The van der Waals surface area contributed by atoms with Crippen molar-refractivity contribution >= 4 is 40.1 Å². The van der Waals surface area contributed by atoms with E-state index in [2.05, 4.69) is 4.98 Å².